The molecular weight excluding hydrogens is 402 g/mol. The Bertz CT molecular complexity index is 1570. The van der Waals surface area contributed by atoms with E-state index in [0.29, 0.717) is 11.3 Å². The second kappa shape index (κ2) is 7.19. The van der Waals surface area contributed by atoms with E-state index in [9.17, 15) is 0 Å². The predicted octanol–water partition coefficient (Wildman–Crippen LogP) is 8.89. The Morgan fingerprint density at radius 1 is 1.06 bits per heavy atom. The standard InChI is InChI=1S/C31H37NO/c1-19-18-32-24(16-20(19)17-29(2,3)4)21-10-9-11-22-26-25(33-28(21)22)13-12-23-27(26)31(7,8)15-14-30(23,5)6/h9-13,16,18H,14-15,17H2,1-8H3/i1D3,17D2. The lowest BCUT2D eigenvalue weighted by Gasteiger charge is -2.42. The molecule has 2 aromatic heterocycles. The van der Waals surface area contributed by atoms with Gasteiger partial charge in [0.15, 0.2) is 0 Å². The molecule has 0 unspecified atom stereocenters. The van der Waals surface area contributed by atoms with Gasteiger partial charge in [0.2, 0.25) is 0 Å². The number of aryl methyl sites for hydroxylation is 1. The van der Waals surface area contributed by atoms with Crippen LogP contribution < -0.4 is 0 Å². The van der Waals surface area contributed by atoms with Crippen molar-refractivity contribution in [1.29, 1.82) is 0 Å². The molecule has 2 nitrogen and oxygen atoms in total. The number of para-hydroxylation sites is 1. The highest BCUT2D eigenvalue weighted by Gasteiger charge is 2.39. The second-order valence-electron chi connectivity index (χ2n) is 11.9. The number of rotatable bonds is 2. The normalized spacial score (nSPS) is 20.5. The first-order valence-electron chi connectivity index (χ1n) is 14.4. The Kier molecular flexibility index (Phi) is 3.69. The van der Waals surface area contributed by atoms with Gasteiger partial charge in [-0.3, -0.25) is 4.98 Å². The SMILES string of the molecule is [2H]C([2H])([2H])c1cnc(-c2cccc3c2oc2ccc4c(c23)C(C)(C)CCC4(C)C)cc1C([2H])([2H])C(C)(C)C. The summed E-state index contributed by atoms with van der Waals surface area (Å²) in [6.45, 7) is 12.1. The second-order valence-corrected chi connectivity index (χ2v) is 11.9. The van der Waals surface area contributed by atoms with Crippen LogP contribution in [0.15, 0.2) is 47.0 Å². The molecule has 2 aromatic carbocycles. The van der Waals surface area contributed by atoms with Crippen LogP contribution in [0, 0.1) is 12.3 Å². The molecule has 0 aliphatic heterocycles. The average Bonchev–Trinajstić information content (AvgIpc) is 3.19. The summed E-state index contributed by atoms with van der Waals surface area (Å²) in [6.07, 6.45) is 1.63. The topological polar surface area (TPSA) is 26.0 Å². The summed E-state index contributed by atoms with van der Waals surface area (Å²) in [6, 6.07) is 11.9. The van der Waals surface area contributed by atoms with Crippen molar-refractivity contribution in [1.82, 2.24) is 4.98 Å². The van der Waals surface area contributed by atoms with Crippen LogP contribution in [0.1, 0.15) is 90.4 Å². The third kappa shape index (κ3) is 3.68. The Hall–Kier alpha value is -2.61. The van der Waals surface area contributed by atoms with E-state index in [2.05, 4.69) is 50.9 Å². The number of nitrogens with zero attached hydrogens (tertiary/aromatic N) is 1. The fraction of sp³-hybridized carbons (Fsp3) is 0.452. The highest BCUT2D eigenvalue weighted by molar-refractivity contribution is 6.11. The van der Waals surface area contributed by atoms with E-state index in [1.54, 1.807) is 26.8 Å². The molecule has 0 spiro atoms. The first kappa shape index (κ1) is 16.9. The molecule has 0 saturated carbocycles. The summed E-state index contributed by atoms with van der Waals surface area (Å²) in [7, 11) is 0. The van der Waals surface area contributed by atoms with Crippen molar-refractivity contribution >= 4 is 21.9 Å². The minimum Gasteiger partial charge on any atom is -0.455 e. The van der Waals surface area contributed by atoms with Crippen LogP contribution in [0.3, 0.4) is 0 Å². The first-order chi connectivity index (χ1) is 17.4. The van der Waals surface area contributed by atoms with Crippen molar-refractivity contribution in [3.05, 3.63) is 64.8 Å². The van der Waals surface area contributed by atoms with Gasteiger partial charge in [-0.2, -0.15) is 0 Å². The van der Waals surface area contributed by atoms with Crippen LogP contribution in [-0.2, 0) is 17.2 Å². The van der Waals surface area contributed by atoms with Gasteiger partial charge in [-0.1, -0.05) is 66.7 Å². The summed E-state index contributed by atoms with van der Waals surface area (Å²) in [5, 5.41) is 2.13. The van der Waals surface area contributed by atoms with Gasteiger partial charge in [0.1, 0.15) is 11.2 Å². The van der Waals surface area contributed by atoms with Crippen molar-refractivity contribution in [3.8, 4) is 11.3 Å². The van der Waals surface area contributed by atoms with Gasteiger partial charge in [-0.25, -0.2) is 0 Å². The fourth-order valence-electron chi connectivity index (χ4n) is 5.35. The van der Waals surface area contributed by atoms with Crippen LogP contribution >= 0.6 is 0 Å². The number of fused-ring (bicyclic) bond motifs is 5. The molecule has 4 aromatic rings. The lowest BCUT2D eigenvalue weighted by Crippen LogP contribution is -2.33. The van der Waals surface area contributed by atoms with Gasteiger partial charge in [0.25, 0.3) is 0 Å². The number of furan rings is 1. The Labute approximate surface area is 205 Å². The molecule has 0 saturated heterocycles. The van der Waals surface area contributed by atoms with Crippen molar-refractivity contribution in [2.45, 2.75) is 85.4 Å². The third-order valence-electron chi connectivity index (χ3n) is 7.13. The molecule has 0 radical (unpaired) electrons. The van der Waals surface area contributed by atoms with Gasteiger partial charge in [0.05, 0.1) is 5.69 Å². The molecule has 1 aliphatic carbocycles. The minimum absolute atomic E-state index is 0.00724. The summed E-state index contributed by atoms with van der Waals surface area (Å²) in [5.74, 6) is 0. The van der Waals surface area contributed by atoms with Crippen LogP contribution in [0.25, 0.3) is 33.2 Å². The zero-order valence-corrected chi connectivity index (χ0v) is 20.8. The Morgan fingerprint density at radius 3 is 2.55 bits per heavy atom. The molecular formula is C31H37NO. The Balaban J connectivity index is 1.81. The highest BCUT2D eigenvalue weighted by atomic mass is 16.3. The van der Waals surface area contributed by atoms with Crippen LogP contribution in [-0.4, -0.2) is 4.98 Å². The van der Waals surface area contributed by atoms with Crippen LogP contribution in [0.4, 0.5) is 0 Å². The molecule has 0 atom stereocenters. The molecule has 172 valence electrons. The smallest absolute Gasteiger partial charge is 0.144 e. The van der Waals surface area contributed by atoms with Gasteiger partial charge < -0.3 is 4.42 Å². The zero-order chi connectivity index (χ0) is 28.1. The van der Waals surface area contributed by atoms with E-state index in [1.165, 1.54) is 17.3 Å². The van der Waals surface area contributed by atoms with Crippen LogP contribution in [0.5, 0.6) is 0 Å². The lowest BCUT2D eigenvalue weighted by molar-refractivity contribution is 0.334. The number of hydrogen-bond acceptors (Lipinski definition) is 2. The van der Waals surface area contributed by atoms with E-state index >= 15 is 0 Å². The van der Waals surface area contributed by atoms with Gasteiger partial charge in [-0.15, -0.1) is 0 Å². The number of aromatic nitrogens is 1. The quantitative estimate of drug-likeness (QED) is 0.308. The summed E-state index contributed by atoms with van der Waals surface area (Å²) in [5.41, 5.74) is 4.74. The van der Waals surface area contributed by atoms with E-state index in [4.69, 9.17) is 11.3 Å². The highest BCUT2D eigenvalue weighted by Crippen LogP contribution is 2.50. The maximum absolute atomic E-state index is 8.90. The number of benzene rings is 2. The first-order valence-corrected chi connectivity index (χ1v) is 11.9. The van der Waals surface area contributed by atoms with Crippen LogP contribution in [0.2, 0.25) is 0 Å². The van der Waals surface area contributed by atoms with Gasteiger partial charge >= 0.3 is 0 Å². The summed E-state index contributed by atoms with van der Waals surface area (Å²) in [4.78, 5) is 4.54. The van der Waals surface area contributed by atoms with E-state index in [1.807, 2.05) is 12.1 Å². The van der Waals surface area contributed by atoms with Crippen molar-refractivity contribution < 1.29 is 11.3 Å². The largest absolute Gasteiger partial charge is 0.455 e. The van der Waals surface area contributed by atoms with E-state index in [-0.39, 0.29) is 22.0 Å². The molecule has 33 heavy (non-hydrogen) atoms. The van der Waals surface area contributed by atoms with Crippen molar-refractivity contribution in [3.63, 3.8) is 0 Å². The monoisotopic (exact) mass is 444 g/mol. The van der Waals surface area contributed by atoms with E-state index in [0.717, 1.165) is 34.8 Å². The maximum atomic E-state index is 8.90. The van der Waals surface area contributed by atoms with E-state index < -0.39 is 18.6 Å². The summed E-state index contributed by atoms with van der Waals surface area (Å²) < 4.78 is 48.4. The predicted molar refractivity (Wildman–Crippen MR) is 140 cm³/mol. The summed E-state index contributed by atoms with van der Waals surface area (Å²) >= 11 is 0. The van der Waals surface area contributed by atoms with Gasteiger partial charge in [-0.05, 0) is 82.8 Å². The lowest BCUT2D eigenvalue weighted by atomic mass is 9.62. The zero-order valence-electron chi connectivity index (χ0n) is 25.8. The average molecular weight is 445 g/mol. The maximum Gasteiger partial charge on any atom is 0.144 e. The molecule has 0 N–H and O–H groups in total. The molecule has 2 heteroatoms. The van der Waals surface area contributed by atoms with Crippen molar-refractivity contribution in [2.24, 2.45) is 5.41 Å². The minimum atomic E-state index is -2.48. The molecule has 1 aliphatic rings. The molecule has 5 rings (SSSR count). The van der Waals surface area contributed by atoms with Crippen molar-refractivity contribution in [2.75, 3.05) is 0 Å². The number of hydrogen-bond donors (Lipinski definition) is 0. The fourth-order valence-corrected chi connectivity index (χ4v) is 5.35. The molecule has 0 amide bonds. The molecule has 0 bridgehead atoms. The molecule has 2 heterocycles. The molecule has 0 fully saturated rings. The number of pyridine rings is 1. The Morgan fingerprint density at radius 2 is 1.82 bits per heavy atom. The third-order valence-corrected chi connectivity index (χ3v) is 7.13. The van der Waals surface area contributed by atoms with Gasteiger partial charge in [0, 0.05) is 29.4 Å².